The Bertz CT molecular complexity index is 583. The normalized spacial score (nSPS) is 48.0. The van der Waals surface area contributed by atoms with E-state index in [1.165, 1.54) is 64.2 Å². The van der Waals surface area contributed by atoms with Crippen LogP contribution in [0.3, 0.4) is 0 Å². The molecular weight excluding hydrogens is 364 g/mol. The van der Waals surface area contributed by atoms with Gasteiger partial charge in [0.1, 0.15) is 0 Å². The van der Waals surface area contributed by atoms with E-state index in [-0.39, 0.29) is 6.10 Å². The van der Waals surface area contributed by atoms with Gasteiger partial charge in [-0.3, -0.25) is 0 Å². The zero-order valence-electron chi connectivity index (χ0n) is 21.1. The van der Waals surface area contributed by atoms with E-state index in [4.69, 9.17) is 0 Å². The second-order valence-electron chi connectivity index (χ2n) is 13.3. The second kappa shape index (κ2) is 8.72. The van der Waals surface area contributed by atoms with Crippen LogP contribution in [0.2, 0.25) is 0 Å². The summed E-state index contributed by atoms with van der Waals surface area (Å²) < 4.78 is 0. The van der Waals surface area contributed by atoms with Gasteiger partial charge in [-0.25, -0.2) is 0 Å². The van der Waals surface area contributed by atoms with E-state index in [0.29, 0.717) is 10.8 Å². The minimum atomic E-state index is -0.0111. The van der Waals surface area contributed by atoms with E-state index in [0.717, 1.165) is 60.2 Å². The molecule has 4 aliphatic carbocycles. The van der Waals surface area contributed by atoms with Crippen molar-refractivity contribution in [3.63, 3.8) is 0 Å². The molecule has 0 aromatic carbocycles. The van der Waals surface area contributed by atoms with Crippen LogP contribution in [0.25, 0.3) is 0 Å². The zero-order chi connectivity index (χ0) is 21.7. The Balaban J connectivity index is 1.45. The fourth-order valence-corrected chi connectivity index (χ4v) is 9.90. The van der Waals surface area contributed by atoms with E-state index in [9.17, 15) is 5.11 Å². The second-order valence-corrected chi connectivity index (χ2v) is 13.3. The van der Waals surface area contributed by atoms with Crippen LogP contribution in [0.4, 0.5) is 0 Å². The monoisotopic (exact) mass is 416 g/mol. The lowest BCUT2D eigenvalue weighted by Crippen LogP contribution is -2.54. The van der Waals surface area contributed by atoms with Gasteiger partial charge in [0.2, 0.25) is 0 Å². The van der Waals surface area contributed by atoms with Gasteiger partial charge in [-0.05, 0) is 122 Å². The SMILES string of the molecule is CC[C@@H](CC[C@H](C)[C@@H]1CC[C@H]2[C@H]3CC[C@H]4C[C@@H](O)CC[C@]4(C)[C@@H]3CC[C@@]21C)C(C)C. The largest absolute Gasteiger partial charge is 0.393 e. The van der Waals surface area contributed by atoms with E-state index in [1.54, 1.807) is 0 Å². The van der Waals surface area contributed by atoms with Gasteiger partial charge in [0.05, 0.1) is 6.10 Å². The molecule has 0 bridgehead atoms. The molecule has 0 spiro atoms. The van der Waals surface area contributed by atoms with Crippen LogP contribution in [0, 0.1) is 58.2 Å². The zero-order valence-corrected chi connectivity index (χ0v) is 21.1. The summed E-state index contributed by atoms with van der Waals surface area (Å²) in [5.41, 5.74) is 1.14. The maximum absolute atomic E-state index is 10.3. The average Bonchev–Trinajstić information content (AvgIpc) is 3.06. The minimum absolute atomic E-state index is 0.0111. The van der Waals surface area contributed by atoms with Crippen LogP contribution in [-0.2, 0) is 0 Å². The van der Waals surface area contributed by atoms with Crippen LogP contribution in [0.15, 0.2) is 0 Å². The molecule has 0 saturated heterocycles. The third-order valence-electron chi connectivity index (χ3n) is 11.9. The standard InChI is InChI=1S/C29H52O/c1-7-21(19(2)3)9-8-20(4)25-12-13-26-24-11-10-22-18-23(30)14-16-28(22,5)27(24)15-17-29(25,26)6/h19-27,30H,7-18H2,1-6H3/t20-,21-,22-,23-,24+,25-,26-,27+,28-,29+/m0/s1. The number of rotatable bonds is 6. The van der Waals surface area contributed by atoms with Gasteiger partial charge < -0.3 is 5.11 Å². The topological polar surface area (TPSA) is 20.2 Å². The summed E-state index contributed by atoms with van der Waals surface area (Å²) >= 11 is 0. The summed E-state index contributed by atoms with van der Waals surface area (Å²) in [5.74, 6) is 7.34. The van der Waals surface area contributed by atoms with Crippen LogP contribution < -0.4 is 0 Å². The van der Waals surface area contributed by atoms with Crippen LogP contribution >= 0.6 is 0 Å². The predicted octanol–water partition coefficient (Wildman–Crippen LogP) is 8.10. The highest BCUT2D eigenvalue weighted by molar-refractivity contribution is 5.09. The van der Waals surface area contributed by atoms with E-state index in [1.807, 2.05) is 0 Å². The molecule has 4 aliphatic rings. The highest BCUT2D eigenvalue weighted by atomic mass is 16.3. The van der Waals surface area contributed by atoms with Crippen molar-refractivity contribution in [2.24, 2.45) is 58.2 Å². The van der Waals surface area contributed by atoms with Crippen molar-refractivity contribution in [2.45, 2.75) is 125 Å². The van der Waals surface area contributed by atoms with Gasteiger partial charge >= 0.3 is 0 Å². The maximum atomic E-state index is 10.3. The first-order valence-electron chi connectivity index (χ1n) is 13.9. The van der Waals surface area contributed by atoms with Crippen LogP contribution in [-0.4, -0.2) is 11.2 Å². The quantitative estimate of drug-likeness (QED) is 0.463. The highest BCUT2D eigenvalue weighted by Crippen LogP contribution is 2.68. The number of fused-ring (bicyclic) bond motifs is 5. The Morgan fingerprint density at radius 2 is 1.53 bits per heavy atom. The number of hydrogen-bond donors (Lipinski definition) is 1. The number of hydrogen-bond acceptors (Lipinski definition) is 1. The van der Waals surface area contributed by atoms with Gasteiger partial charge in [-0.1, -0.05) is 54.4 Å². The first-order valence-corrected chi connectivity index (χ1v) is 13.9. The van der Waals surface area contributed by atoms with E-state index < -0.39 is 0 Å². The first-order chi connectivity index (χ1) is 14.2. The molecule has 4 rings (SSSR count). The van der Waals surface area contributed by atoms with Crippen molar-refractivity contribution in [2.75, 3.05) is 0 Å². The summed E-state index contributed by atoms with van der Waals surface area (Å²) in [4.78, 5) is 0. The molecule has 1 heteroatoms. The van der Waals surface area contributed by atoms with Crippen molar-refractivity contribution in [3.05, 3.63) is 0 Å². The molecule has 0 aromatic heterocycles. The molecule has 10 atom stereocenters. The molecule has 0 radical (unpaired) electrons. The lowest BCUT2D eigenvalue weighted by molar-refractivity contribution is -0.129. The van der Waals surface area contributed by atoms with Gasteiger partial charge in [-0.15, -0.1) is 0 Å². The van der Waals surface area contributed by atoms with Crippen molar-refractivity contribution < 1.29 is 5.11 Å². The molecule has 30 heavy (non-hydrogen) atoms. The summed E-state index contributed by atoms with van der Waals surface area (Å²) in [7, 11) is 0. The minimum Gasteiger partial charge on any atom is -0.393 e. The van der Waals surface area contributed by atoms with E-state index >= 15 is 0 Å². The summed E-state index contributed by atoms with van der Waals surface area (Å²) in [5, 5.41) is 10.3. The first kappa shape index (κ1) is 23.1. The predicted molar refractivity (Wildman–Crippen MR) is 128 cm³/mol. The average molecular weight is 417 g/mol. The molecular formula is C29H52O. The van der Waals surface area contributed by atoms with Gasteiger partial charge in [-0.2, -0.15) is 0 Å². The van der Waals surface area contributed by atoms with Gasteiger partial charge in [0.15, 0.2) is 0 Å². The lowest BCUT2D eigenvalue weighted by Gasteiger charge is -2.61. The highest BCUT2D eigenvalue weighted by Gasteiger charge is 2.60. The number of aliphatic hydroxyl groups excluding tert-OH is 1. The molecule has 0 heterocycles. The Hall–Kier alpha value is -0.0400. The van der Waals surface area contributed by atoms with Gasteiger partial charge in [0.25, 0.3) is 0 Å². The number of aliphatic hydroxyl groups is 1. The Labute approximate surface area is 188 Å². The van der Waals surface area contributed by atoms with Crippen molar-refractivity contribution in [3.8, 4) is 0 Å². The van der Waals surface area contributed by atoms with E-state index in [2.05, 4.69) is 41.5 Å². The van der Waals surface area contributed by atoms with Crippen LogP contribution in [0.5, 0.6) is 0 Å². The summed E-state index contributed by atoms with van der Waals surface area (Å²) in [6.07, 6.45) is 16.5. The Morgan fingerprint density at radius 1 is 0.833 bits per heavy atom. The van der Waals surface area contributed by atoms with Crippen molar-refractivity contribution >= 4 is 0 Å². The third kappa shape index (κ3) is 3.82. The Morgan fingerprint density at radius 3 is 2.23 bits per heavy atom. The molecule has 0 aliphatic heterocycles. The van der Waals surface area contributed by atoms with Crippen LogP contribution in [0.1, 0.15) is 119 Å². The van der Waals surface area contributed by atoms with Crippen molar-refractivity contribution in [1.82, 2.24) is 0 Å². The molecule has 1 N–H and O–H groups in total. The van der Waals surface area contributed by atoms with Gasteiger partial charge in [0, 0.05) is 0 Å². The molecule has 4 saturated carbocycles. The summed E-state index contributed by atoms with van der Waals surface area (Å²) in [6, 6.07) is 0. The Kier molecular flexibility index (Phi) is 6.72. The summed E-state index contributed by atoms with van der Waals surface area (Å²) in [6.45, 7) is 15.2. The lowest BCUT2D eigenvalue weighted by atomic mass is 9.44. The van der Waals surface area contributed by atoms with Crippen molar-refractivity contribution in [1.29, 1.82) is 0 Å². The molecule has 174 valence electrons. The maximum Gasteiger partial charge on any atom is 0.0543 e. The smallest absolute Gasteiger partial charge is 0.0543 e. The molecule has 0 amide bonds. The molecule has 0 aromatic rings. The molecule has 1 nitrogen and oxygen atoms in total. The molecule has 0 unspecified atom stereocenters. The molecule has 4 fully saturated rings. The third-order valence-corrected chi connectivity index (χ3v) is 11.9. The fourth-order valence-electron chi connectivity index (χ4n) is 9.90. The fraction of sp³-hybridized carbons (Fsp3) is 1.00.